The van der Waals surface area contributed by atoms with Gasteiger partial charge in [-0.25, -0.2) is 0 Å². The zero-order valence-corrected chi connectivity index (χ0v) is 11.1. The topological polar surface area (TPSA) is 57.6 Å². The summed E-state index contributed by atoms with van der Waals surface area (Å²) in [4.78, 5) is 25.2. The second-order valence-corrected chi connectivity index (χ2v) is 5.54. The van der Waals surface area contributed by atoms with Gasteiger partial charge in [-0.05, 0) is 19.3 Å². The fourth-order valence-corrected chi connectivity index (χ4v) is 2.53. The molecule has 17 heavy (non-hydrogen) atoms. The van der Waals surface area contributed by atoms with Crippen LogP contribution in [0.25, 0.3) is 0 Å². The summed E-state index contributed by atoms with van der Waals surface area (Å²) in [7, 11) is 0. The zero-order chi connectivity index (χ0) is 13.2. The second-order valence-electron chi connectivity index (χ2n) is 5.54. The van der Waals surface area contributed by atoms with E-state index in [1.807, 2.05) is 6.92 Å². The number of hydrogen-bond donors (Lipinski definition) is 1. The monoisotopic (exact) mass is 241 g/mol. The number of amides is 1. The van der Waals surface area contributed by atoms with E-state index < -0.39 is 12.1 Å². The fraction of sp³-hybridized carbons (Fsp3) is 0.846. The van der Waals surface area contributed by atoms with E-state index in [-0.39, 0.29) is 17.6 Å². The molecule has 0 aromatic heterocycles. The number of ketones is 1. The van der Waals surface area contributed by atoms with E-state index in [4.69, 9.17) is 0 Å². The van der Waals surface area contributed by atoms with Crippen LogP contribution in [0.4, 0.5) is 0 Å². The van der Waals surface area contributed by atoms with E-state index >= 15 is 0 Å². The smallest absolute Gasteiger partial charge is 0.226 e. The van der Waals surface area contributed by atoms with Gasteiger partial charge in [-0.3, -0.25) is 9.59 Å². The first-order valence-corrected chi connectivity index (χ1v) is 6.32. The predicted molar refractivity (Wildman–Crippen MR) is 65.4 cm³/mol. The third-order valence-corrected chi connectivity index (χ3v) is 3.28. The molecule has 0 aromatic rings. The molecule has 0 aromatic carbocycles. The number of aliphatic hydroxyl groups excluding tert-OH is 1. The molecular formula is C13H23NO3. The predicted octanol–water partition coefficient (Wildman–Crippen LogP) is 1.22. The third-order valence-electron chi connectivity index (χ3n) is 3.28. The van der Waals surface area contributed by atoms with E-state index in [1.165, 1.54) is 6.92 Å². The standard InChI is InChI=1S/C13H23NO3/c1-8(2)5-9(3)13(17)14-7-11(16)6-12(14)10(4)15/h8-9,11-12,16H,5-7H2,1-4H3/t9-,11+,12-/m0/s1. The van der Waals surface area contributed by atoms with Crippen LogP contribution < -0.4 is 0 Å². The highest BCUT2D eigenvalue weighted by molar-refractivity contribution is 5.89. The van der Waals surface area contributed by atoms with Gasteiger partial charge < -0.3 is 10.0 Å². The molecule has 0 spiro atoms. The Hall–Kier alpha value is -0.900. The Balaban J connectivity index is 2.70. The summed E-state index contributed by atoms with van der Waals surface area (Å²) >= 11 is 0. The minimum Gasteiger partial charge on any atom is -0.391 e. The molecule has 0 aliphatic carbocycles. The molecule has 1 aliphatic heterocycles. The molecule has 1 saturated heterocycles. The molecule has 3 atom stereocenters. The SMILES string of the molecule is CC(=O)[C@@H]1C[C@@H](O)CN1C(=O)[C@@H](C)CC(C)C. The molecule has 4 nitrogen and oxygen atoms in total. The number of hydrogen-bond acceptors (Lipinski definition) is 3. The van der Waals surface area contributed by atoms with Crippen LogP contribution in [-0.2, 0) is 9.59 Å². The van der Waals surface area contributed by atoms with Crippen molar-refractivity contribution in [2.24, 2.45) is 11.8 Å². The quantitative estimate of drug-likeness (QED) is 0.805. The average Bonchev–Trinajstić information content (AvgIpc) is 2.58. The first-order valence-electron chi connectivity index (χ1n) is 6.32. The van der Waals surface area contributed by atoms with Gasteiger partial charge >= 0.3 is 0 Å². The van der Waals surface area contributed by atoms with Crippen molar-refractivity contribution in [1.29, 1.82) is 0 Å². The number of rotatable bonds is 4. The van der Waals surface area contributed by atoms with Gasteiger partial charge in [-0.1, -0.05) is 20.8 Å². The van der Waals surface area contributed by atoms with E-state index in [2.05, 4.69) is 13.8 Å². The summed E-state index contributed by atoms with van der Waals surface area (Å²) in [5, 5.41) is 9.59. The van der Waals surface area contributed by atoms with Crippen molar-refractivity contribution >= 4 is 11.7 Å². The number of nitrogens with zero attached hydrogens (tertiary/aromatic N) is 1. The Morgan fingerprint density at radius 3 is 2.41 bits per heavy atom. The summed E-state index contributed by atoms with van der Waals surface area (Å²) in [6.07, 6.45) is 0.644. The zero-order valence-electron chi connectivity index (χ0n) is 11.1. The molecule has 1 N–H and O–H groups in total. The number of likely N-dealkylation sites (tertiary alicyclic amines) is 1. The maximum atomic E-state index is 12.2. The lowest BCUT2D eigenvalue weighted by Gasteiger charge is -2.26. The van der Waals surface area contributed by atoms with Crippen molar-refractivity contribution in [2.75, 3.05) is 6.54 Å². The molecule has 1 amide bonds. The Bertz CT molecular complexity index is 301. The van der Waals surface area contributed by atoms with E-state index in [1.54, 1.807) is 4.90 Å². The largest absolute Gasteiger partial charge is 0.391 e. The van der Waals surface area contributed by atoms with Gasteiger partial charge in [0, 0.05) is 18.9 Å². The summed E-state index contributed by atoms with van der Waals surface area (Å²) in [6, 6.07) is -0.424. The summed E-state index contributed by atoms with van der Waals surface area (Å²) in [6.45, 7) is 7.82. The Kier molecular flexibility index (Phi) is 4.69. The van der Waals surface area contributed by atoms with Crippen molar-refractivity contribution in [3.05, 3.63) is 0 Å². The average molecular weight is 241 g/mol. The van der Waals surface area contributed by atoms with E-state index in [0.717, 1.165) is 6.42 Å². The number of carbonyl (C=O) groups excluding carboxylic acids is 2. The van der Waals surface area contributed by atoms with Gasteiger partial charge in [0.05, 0.1) is 12.1 Å². The van der Waals surface area contributed by atoms with Crippen LogP contribution in [0.15, 0.2) is 0 Å². The summed E-state index contributed by atoms with van der Waals surface area (Å²) in [5.74, 6) is 0.335. The number of aliphatic hydroxyl groups is 1. The number of β-amino-alcohol motifs (C(OH)–C–C–N with tert-alkyl or cyclic N) is 1. The van der Waals surface area contributed by atoms with Gasteiger partial charge in [-0.2, -0.15) is 0 Å². The highest BCUT2D eigenvalue weighted by Crippen LogP contribution is 2.23. The van der Waals surface area contributed by atoms with Crippen molar-refractivity contribution in [1.82, 2.24) is 4.90 Å². The maximum Gasteiger partial charge on any atom is 0.226 e. The lowest BCUT2D eigenvalue weighted by molar-refractivity contribution is -0.140. The van der Waals surface area contributed by atoms with Crippen molar-refractivity contribution in [3.63, 3.8) is 0 Å². The van der Waals surface area contributed by atoms with Crippen LogP contribution in [0.1, 0.15) is 40.5 Å². The minimum atomic E-state index is -0.556. The minimum absolute atomic E-state index is 0.00421. The number of Topliss-reactive ketones (excluding diaryl/α,β-unsaturated/α-hetero) is 1. The normalized spacial score (nSPS) is 26.4. The fourth-order valence-electron chi connectivity index (χ4n) is 2.53. The van der Waals surface area contributed by atoms with Gasteiger partial charge in [0.25, 0.3) is 0 Å². The molecule has 98 valence electrons. The van der Waals surface area contributed by atoms with Gasteiger partial charge in [-0.15, -0.1) is 0 Å². The van der Waals surface area contributed by atoms with Crippen molar-refractivity contribution < 1.29 is 14.7 Å². The lowest BCUT2D eigenvalue weighted by atomic mass is 9.97. The van der Waals surface area contributed by atoms with Crippen LogP contribution >= 0.6 is 0 Å². The highest BCUT2D eigenvalue weighted by Gasteiger charge is 2.38. The van der Waals surface area contributed by atoms with E-state index in [9.17, 15) is 14.7 Å². The van der Waals surface area contributed by atoms with Crippen LogP contribution in [-0.4, -0.2) is 40.4 Å². The Labute approximate surface area is 103 Å². The van der Waals surface area contributed by atoms with Crippen LogP contribution in [0.2, 0.25) is 0 Å². The molecule has 1 rings (SSSR count). The maximum absolute atomic E-state index is 12.2. The highest BCUT2D eigenvalue weighted by atomic mass is 16.3. The Morgan fingerprint density at radius 1 is 1.35 bits per heavy atom. The molecule has 0 radical (unpaired) electrons. The molecule has 0 bridgehead atoms. The molecular weight excluding hydrogens is 218 g/mol. The van der Waals surface area contributed by atoms with Crippen LogP contribution in [0.3, 0.4) is 0 Å². The van der Waals surface area contributed by atoms with Crippen LogP contribution in [0, 0.1) is 11.8 Å². The number of carbonyl (C=O) groups is 2. The van der Waals surface area contributed by atoms with Gasteiger partial charge in [0.15, 0.2) is 5.78 Å². The first-order chi connectivity index (χ1) is 7.82. The lowest BCUT2D eigenvalue weighted by Crippen LogP contribution is -2.42. The molecule has 1 fully saturated rings. The van der Waals surface area contributed by atoms with Crippen LogP contribution in [0.5, 0.6) is 0 Å². The molecule has 0 saturated carbocycles. The van der Waals surface area contributed by atoms with Gasteiger partial charge in [0.2, 0.25) is 5.91 Å². The van der Waals surface area contributed by atoms with Crippen molar-refractivity contribution in [3.8, 4) is 0 Å². The Morgan fingerprint density at radius 2 is 1.94 bits per heavy atom. The van der Waals surface area contributed by atoms with E-state index in [0.29, 0.717) is 18.9 Å². The summed E-state index contributed by atoms with van der Waals surface area (Å²) < 4.78 is 0. The summed E-state index contributed by atoms with van der Waals surface area (Å²) in [5.41, 5.74) is 0. The first kappa shape index (κ1) is 14.2. The molecule has 4 heteroatoms. The van der Waals surface area contributed by atoms with Crippen molar-refractivity contribution in [2.45, 2.75) is 52.7 Å². The second kappa shape index (κ2) is 5.63. The van der Waals surface area contributed by atoms with Gasteiger partial charge in [0.1, 0.15) is 0 Å². The molecule has 0 unspecified atom stereocenters. The molecule has 1 heterocycles. The third kappa shape index (κ3) is 3.53. The molecule has 1 aliphatic rings.